The molecule has 1 N–H and O–H groups in total. The summed E-state index contributed by atoms with van der Waals surface area (Å²) in [5.41, 5.74) is 3.97. The quantitative estimate of drug-likeness (QED) is 0.683. The van der Waals surface area contributed by atoms with Gasteiger partial charge in [-0.2, -0.15) is 5.10 Å². The highest BCUT2D eigenvalue weighted by molar-refractivity contribution is 5.94. The predicted molar refractivity (Wildman–Crippen MR) is 119 cm³/mol. The molecule has 2 atom stereocenters. The van der Waals surface area contributed by atoms with Crippen LogP contribution in [0, 0.1) is 13.8 Å². The van der Waals surface area contributed by atoms with E-state index >= 15 is 0 Å². The number of piperidine rings is 1. The van der Waals surface area contributed by atoms with Crippen LogP contribution < -0.4 is 15.0 Å². The molecular formula is C23H28N6O2. The molecular weight excluding hydrogens is 392 g/mol. The molecule has 2 aromatic heterocycles. The van der Waals surface area contributed by atoms with Crippen LogP contribution in [0.1, 0.15) is 39.4 Å². The molecule has 0 saturated carbocycles. The first-order valence-electron chi connectivity index (χ1n) is 10.4. The number of benzene rings is 1. The van der Waals surface area contributed by atoms with Gasteiger partial charge in [0.05, 0.1) is 13.3 Å². The second-order valence-corrected chi connectivity index (χ2v) is 8.16. The molecule has 1 saturated heterocycles. The molecule has 1 aliphatic heterocycles. The molecule has 162 valence electrons. The van der Waals surface area contributed by atoms with Gasteiger partial charge in [0, 0.05) is 49.9 Å². The monoisotopic (exact) mass is 420 g/mol. The van der Waals surface area contributed by atoms with Gasteiger partial charge in [-0.05, 0) is 38.0 Å². The SMILES string of the molecule is COc1cc(N2CC[C@@H](NC(=O)c3cc(C)cc(C)c3)[C@H](c3cnn(C)c3)C2)ncn1. The number of carbonyl (C=O) groups excluding carboxylic acids is 1. The van der Waals surface area contributed by atoms with E-state index in [4.69, 9.17) is 4.74 Å². The molecule has 31 heavy (non-hydrogen) atoms. The fourth-order valence-electron chi connectivity index (χ4n) is 4.27. The maximum absolute atomic E-state index is 13.1. The first-order valence-corrected chi connectivity index (χ1v) is 10.4. The summed E-state index contributed by atoms with van der Waals surface area (Å²) in [6.45, 7) is 5.51. The molecule has 1 amide bonds. The van der Waals surface area contributed by atoms with Crippen LogP contribution in [-0.4, -0.2) is 51.9 Å². The average Bonchev–Trinajstić information content (AvgIpc) is 3.19. The van der Waals surface area contributed by atoms with Gasteiger partial charge in [-0.25, -0.2) is 9.97 Å². The summed E-state index contributed by atoms with van der Waals surface area (Å²) in [7, 11) is 3.50. The van der Waals surface area contributed by atoms with Gasteiger partial charge in [-0.1, -0.05) is 17.2 Å². The van der Waals surface area contributed by atoms with Crippen LogP contribution >= 0.6 is 0 Å². The number of hydrogen-bond acceptors (Lipinski definition) is 6. The molecule has 1 aliphatic rings. The zero-order chi connectivity index (χ0) is 22.0. The lowest BCUT2D eigenvalue weighted by Gasteiger charge is -2.39. The summed E-state index contributed by atoms with van der Waals surface area (Å²) < 4.78 is 7.05. The Morgan fingerprint density at radius 3 is 2.61 bits per heavy atom. The van der Waals surface area contributed by atoms with Crippen LogP contribution in [0.2, 0.25) is 0 Å². The van der Waals surface area contributed by atoms with E-state index < -0.39 is 0 Å². The van der Waals surface area contributed by atoms with E-state index in [2.05, 4.69) is 31.3 Å². The molecule has 3 heterocycles. The summed E-state index contributed by atoms with van der Waals surface area (Å²) in [5, 5.41) is 7.63. The minimum absolute atomic E-state index is 0.00231. The minimum Gasteiger partial charge on any atom is -0.481 e. The summed E-state index contributed by atoms with van der Waals surface area (Å²) >= 11 is 0. The van der Waals surface area contributed by atoms with Crippen molar-refractivity contribution in [1.29, 1.82) is 0 Å². The van der Waals surface area contributed by atoms with E-state index in [0.29, 0.717) is 18.0 Å². The highest BCUT2D eigenvalue weighted by atomic mass is 16.5. The third-order valence-corrected chi connectivity index (χ3v) is 5.73. The van der Waals surface area contributed by atoms with Crippen LogP contribution in [0.15, 0.2) is 43.0 Å². The molecule has 1 fully saturated rings. The van der Waals surface area contributed by atoms with Crippen LogP contribution in [0.5, 0.6) is 5.88 Å². The van der Waals surface area contributed by atoms with Crippen molar-refractivity contribution in [1.82, 2.24) is 25.1 Å². The van der Waals surface area contributed by atoms with Crippen molar-refractivity contribution in [3.05, 3.63) is 65.2 Å². The maximum atomic E-state index is 13.1. The van der Waals surface area contributed by atoms with Crippen molar-refractivity contribution in [3.8, 4) is 5.88 Å². The maximum Gasteiger partial charge on any atom is 0.251 e. The predicted octanol–water partition coefficient (Wildman–Crippen LogP) is 2.63. The summed E-state index contributed by atoms with van der Waals surface area (Å²) in [6.07, 6.45) is 6.21. The van der Waals surface area contributed by atoms with Gasteiger partial charge in [-0.15, -0.1) is 0 Å². The minimum atomic E-state index is -0.0390. The molecule has 0 radical (unpaired) electrons. The number of carbonyl (C=O) groups is 1. The van der Waals surface area contributed by atoms with Crippen LogP contribution in [0.4, 0.5) is 5.82 Å². The highest BCUT2D eigenvalue weighted by Gasteiger charge is 2.33. The molecule has 0 unspecified atom stereocenters. The van der Waals surface area contributed by atoms with Crippen LogP contribution in [0.25, 0.3) is 0 Å². The van der Waals surface area contributed by atoms with Crippen molar-refractivity contribution >= 4 is 11.7 Å². The number of methoxy groups -OCH3 is 1. The second-order valence-electron chi connectivity index (χ2n) is 8.16. The lowest BCUT2D eigenvalue weighted by molar-refractivity contribution is 0.0925. The van der Waals surface area contributed by atoms with Crippen molar-refractivity contribution < 1.29 is 9.53 Å². The molecule has 3 aromatic rings. The molecule has 4 rings (SSSR count). The second kappa shape index (κ2) is 8.75. The first kappa shape index (κ1) is 20.8. The van der Waals surface area contributed by atoms with Crippen molar-refractivity contribution in [2.45, 2.75) is 32.2 Å². The number of ether oxygens (including phenoxy) is 1. The van der Waals surface area contributed by atoms with E-state index in [1.54, 1.807) is 11.8 Å². The Balaban J connectivity index is 1.57. The summed E-state index contributed by atoms with van der Waals surface area (Å²) in [4.78, 5) is 23.8. The Morgan fingerprint density at radius 2 is 1.94 bits per heavy atom. The molecule has 0 bridgehead atoms. The Kier molecular flexibility index (Phi) is 5.88. The van der Waals surface area contributed by atoms with Gasteiger partial charge in [0.2, 0.25) is 5.88 Å². The zero-order valence-electron chi connectivity index (χ0n) is 18.4. The standard InChI is InChI=1S/C23H28N6O2/c1-15-7-16(2)9-17(8-15)23(30)27-20-5-6-29(21-10-22(31-4)25-14-24-21)13-19(20)18-11-26-28(3)12-18/h7-12,14,19-20H,5-6,13H2,1-4H3,(H,27,30)/t19-,20+/m0/s1. The number of anilines is 1. The zero-order valence-corrected chi connectivity index (χ0v) is 18.4. The Labute approximate surface area is 182 Å². The van der Waals surface area contributed by atoms with E-state index in [9.17, 15) is 4.79 Å². The molecule has 8 nitrogen and oxygen atoms in total. The van der Waals surface area contributed by atoms with E-state index in [0.717, 1.165) is 35.5 Å². The average molecular weight is 421 g/mol. The van der Waals surface area contributed by atoms with Gasteiger partial charge in [0.15, 0.2) is 0 Å². The number of rotatable bonds is 5. The fraction of sp³-hybridized carbons (Fsp3) is 0.391. The third kappa shape index (κ3) is 4.68. The molecule has 1 aromatic carbocycles. The highest BCUT2D eigenvalue weighted by Crippen LogP contribution is 2.30. The number of nitrogens with one attached hydrogen (secondary N) is 1. The van der Waals surface area contributed by atoms with E-state index in [1.807, 2.05) is 51.5 Å². The van der Waals surface area contributed by atoms with Gasteiger partial charge < -0.3 is 15.0 Å². The summed E-state index contributed by atoms with van der Waals surface area (Å²) in [5.74, 6) is 1.40. The molecule has 0 spiro atoms. The third-order valence-electron chi connectivity index (χ3n) is 5.73. The van der Waals surface area contributed by atoms with Crippen LogP contribution in [0.3, 0.4) is 0 Å². The van der Waals surface area contributed by atoms with Crippen molar-refractivity contribution in [2.75, 3.05) is 25.1 Å². The van der Waals surface area contributed by atoms with Crippen molar-refractivity contribution in [2.24, 2.45) is 7.05 Å². The van der Waals surface area contributed by atoms with Gasteiger partial charge in [0.25, 0.3) is 5.91 Å². The topological polar surface area (TPSA) is 85.2 Å². The van der Waals surface area contributed by atoms with Crippen molar-refractivity contribution in [3.63, 3.8) is 0 Å². The largest absolute Gasteiger partial charge is 0.481 e. The Hall–Kier alpha value is -3.42. The normalized spacial score (nSPS) is 18.6. The smallest absolute Gasteiger partial charge is 0.251 e. The Morgan fingerprint density at radius 1 is 1.16 bits per heavy atom. The fourth-order valence-corrected chi connectivity index (χ4v) is 4.27. The lowest BCUT2D eigenvalue weighted by Crippen LogP contribution is -2.50. The number of amides is 1. The number of hydrogen-bond donors (Lipinski definition) is 1. The van der Waals surface area contributed by atoms with Gasteiger partial charge in [-0.3, -0.25) is 9.48 Å². The van der Waals surface area contributed by atoms with E-state index in [-0.39, 0.29) is 17.9 Å². The number of nitrogens with zero attached hydrogens (tertiary/aromatic N) is 5. The molecule has 0 aliphatic carbocycles. The van der Waals surface area contributed by atoms with Crippen LogP contribution in [-0.2, 0) is 7.05 Å². The lowest BCUT2D eigenvalue weighted by atomic mass is 9.87. The van der Waals surface area contributed by atoms with Gasteiger partial charge >= 0.3 is 0 Å². The number of aryl methyl sites for hydroxylation is 3. The van der Waals surface area contributed by atoms with Gasteiger partial charge in [0.1, 0.15) is 12.1 Å². The Bertz CT molecular complexity index is 1060. The molecule has 8 heteroatoms. The van der Waals surface area contributed by atoms with E-state index in [1.165, 1.54) is 6.33 Å². The first-order chi connectivity index (χ1) is 14.9. The summed E-state index contributed by atoms with van der Waals surface area (Å²) in [6, 6.07) is 7.78. The number of aromatic nitrogens is 4.